The number of rotatable bonds is 6. The van der Waals surface area contributed by atoms with Gasteiger partial charge in [-0.15, -0.1) is 11.8 Å². The van der Waals surface area contributed by atoms with Crippen molar-refractivity contribution in [1.29, 1.82) is 0 Å². The highest BCUT2D eigenvalue weighted by Crippen LogP contribution is 2.27. The van der Waals surface area contributed by atoms with Crippen LogP contribution in [0.15, 0.2) is 29.2 Å². The summed E-state index contributed by atoms with van der Waals surface area (Å²) in [5, 5.41) is 10.5. The first-order valence-electron chi connectivity index (χ1n) is 8.80. The minimum Gasteiger partial charge on any atom is -0.497 e. The molecule has 1 fully saturated rings. The number of thioether (sulfide) groups is 1. The second-order valence-corrected chi connectivity index (χ2v) is 7.78. The molecule has 140 valence electrons. The highest BCUT2D eigenvalue weighted by molar-refractivity contribution is 8.00. The van der Waals surface area contributed by atoms with Gasteiger partial charge in [0, 0.05) is 17.9 Å². The monoisotopic (exact) mass is 375 g/mol. The summed E-state index contributed by atoms with van der Waals surface area (Å²) in [7, 11) is 3.45. The quantitative estimate of drug-likeness (QED) is 0.755. The van der Waals surface area contributed by atoms with E-state index in [1.165, 1.54) is 11.8 Å². The largest absolute Gasteiger partial charge is 0.497 e. The smallest absolute Gasteiger partial charge is 0.239 e. The number of carbonyl (C=O) groups excluding carboxylic acids is 1. The fourth-order valence-electron chi connectivity index (χ4n) is 2.89. The van der Waals surface area contributed by atoms with Crippen LogP contribution in [0, 0.1) is 0 Å². The Morgan fingerprint density at radius 3 is 2.69 bits per heavy atom. The second kappa shape index (κ2) is 8.55. The van der Waals surface area contributed by atoms with Gasteiger partial charge in [0.05, 0.1) is 12.4 Å². The van der Waals surface area contributed by atoms with E-state index in [1.807, 2.05) is 38.2 Å². The Morgan fingerprint density at radius 2 is 2.04 bits per heavy atom. The molecule has 2 N–H and O–H groups in total. The molecular formula is C18H25N5O2S. The van der Waals surface area contributed by atoms with Crippen LogP contribution in [-0.2, 0) is 11.8 Å². The number of aryl methyl sites for hydroxylation is 1. The van der Waals surface area contributed by atoms with Gasteiger partial charge in [-0.3, -0.25) is 10.1 Å². The maximum absolute atomic E-state index is 12.5. The summed E-state index contributed by atoms with van der Waals surface area (Å²) in [6.45, 7) is 3.86. The molecule has 1 aliphatic rings. The lowest BCUT2D eigenvalue weighted by Crippen LogP contribution is -2.27. The molecule has 0 radical (unpaired) electrons. The third-order valence-corrected chi connectivity index (χ3v) is 5.57. The number of aromatic nitrogens is 3. The standard InChI is InChI=1S/C18H25N5O2S/c1-12(26-15-6-4-14(25-3)5-7-15)17(24)21-18-20-16(22-23(18)2)13-8-10-19-11-9-13/h4-7,12-13,19H,8-11H2,1-3H3,(H,20,21,22,24). The molecule has 1 amide bonds. The predicted octanol–water partition coefficient (Wildman–Crippen LogP) is 2.41. The van der Waals surface area contributed by atoms with Gasteiger partial charge in [0.2, 0.25) is 11.9 Å². The third kappa shape index (κ3) is 4.56. The summed E-state index contributed by atoms with van der Waals surface area (Å²) in [5.74, 6) is 2.40. The van der Waals surface area contributed by atoms with Crippen molar-refractivity contribution in [3.8, 4) is 5.75 Å². The van der Waals surface area contributed by atoms with Crippen LogP contribution in [0.5, 0.6) is 5.75 Å². The van der Waals surface area contributed by atoms with Gasteiger partial charge in [0.1, 0.15) is 5.75 Å². The van der Waals surface area contributed by atoms with Gasteiger partial charge in [0.15, 0.2) is 5.82 Å². The van der Waals surface area contributed by atoms with E-state index in [0.717, 1.165) is 42.4 Å². The first-order valence-corrected chi connectivity index (χ1v) is 9.68. The molecule has 1 atom stereocenters. The van der Waals surface area contributed by atoms with Crippen LogP contribution in [0.4, 0.5) is 5.95 Å². The topological polar surface area (TPSA) is 81.1 Å². The second-order valence-electron chi connectivity index (χ2n) is 6.37. The summed E-state index contributed by atoms with van der Waals surface area (Å²) >= 11 is 1.50. The van der Waals surface area contributed by atoms with Crippen molar-refractivity contribution < 1.29 is 9.53 Å². The number of amides is 1. The summed E-state index contributed by atoms with van der Waals surface area (Å²) in [5.41, 5.74) is 0. The molecule has 7 nitrogen and oxygen atoms in total. The Kier molecular flexibility index (Phi) is 6.16. The van der Waals surface area contributed by atoms with E-state index in [2.05, 4.69) is 20.7 Å². The zero-order chi connectivity index (χ0) is 18.5. The van der Waals surface area contributed by atoms with Crippen molar-refractivity contribution in [2.24, 2.45) is 7.05 Å². The van der Waals surface area contributed by atoms with Crippen LogP contribution in [0.3, 0.4) is 0 Å². The summed E-state index contributed by atoms with van der Waals surface area (Å²) in [6, 6.07) is 7.68. The molecule has 0 spiro atoms. The summed E-state index contributed by atoms with van der Waals surface area (Å²) in [4.78, 5) is 18.1. The van der Waals surface area contributed by atoms with Crippen molar-refractivity contribution in [3.63, 3.8) is 0 Å². The predicted molar refractivity (Wildman–Crippen MR) is 103 cm³/mol. The van der Waals surface area contributed by atoms with Crippen molar-refractivity contribution in [3.05, 3.63) is 30.1 Å². The van der Waals surface area contributed by atoms with Gasteiger partial charge in [-0.2, -0.15) is 10.1 Å². The lowest BCUT2D eigenvalue weighted by Gasteiger charge is -2.19. The highest BCUT2D eigenvalue weighted by Gasteiger charge is 2.22. The van der Waals surface area contributed by atoms with Gasteiger partial charge < -0.3 is 10.1 Å². The number of methoxy groups -OCH3 is 1. The van der Waals surface area contributed by atoms with Crippen LogP contribution in [0.25, 0.3) is 0 Å². The van der Waals surface area contributed by atoms with E-state index in [1.54, 1.807) is 11.8 Å². The fourth-order valence-corrected chi connectivity index (χ4v) is 3.76. The van der Waals surface area contributed by atoms with Gasteiger partial charge in [-0.25, -0.2) is 4.68 Å². The van der Waals surface area contributed by atoms with Gasteiger partial charge in [0.25, 0.3) is 0 Å². The highest BCUT2D eigenvalue weighted by atomic mass is 32.2. The summed E-state index contributed by atoms with van der Waals surface area (Å²) < 4.78 is 6.81. The molecule has 0 bridgehead atoms. The maximum Gasteiger partial charge on any atom is 0.239 e. The number of benzene rings is 1. The van der Waals surface area contributed by atoms with E-state index in [4.69, 9.17) is 4.74 Å². The summed E-state index contributed by atoms with van der Waals surface area (Å²) in [6.07, 6.45) is 2.06. The number of nitrogens with zero attached hydrogens (tertiary/aromatic N) is 3. The maximum atomic E-state index is 12.5. The molecule has 0 saturated carbocycles. The zero-order valence-corrected chi connectivity index (χ0v) is 16.2. The van der Waals surface area contributed by atoms with Crippen molar-refractivity contribution >= 4 is 23.6 Å². The van der Waals surface area contributed by atoms with Crippen LogP contribution < -0.4 is 15.4 Å². The molecule has 1 aromatic heterocycles. The number of carbonyl (C=O) groups is 1. The molecule has 1 saturated heterocycles. The molecule has 1 aliphatic heterocycles. The molecule has 26 heavy (non-hydrogen) atoms. The molecule has 0 aliphatic carbocycles. The fraction of sp³-hybridized carbons (Fsp3) is 0.500. The molecule has 3 rings (SSSR count). The number of nitrogens with one attached hydrogen (secondary N) is 2. The van der Waals surface area contributed by atoms with Crippen molar-refractivity contribution in [2.45, 2.75) is 35.8 Å². The Hall–Kier alpha value is -2.06. The lowest BCUT2D eigenvalue weighted by molar-refractivity contribution is -0.115. The lowest BCUT2D eigenvalue weighted by atomic mass is 9.98. The minimum atomic E-state index is -0.248. The number of anilines is 1. The molecular weight excluding hydrogens is 350 g/mol. The minimum absolute atomic E-state index is 0.0850. The van der Waals surface area contributed by atoms with Gasteiger partial charge in [-0.1, -0.05) is 0 Å². The van der Waals surface area contributed by atoms with Crippen LogP contribution in [-0.4, -0.2) is 46.1 Å². The molecule has 1 aromatic carbocycles. The average molecular weight is 375 g/mol. The Bertz CT molecular complexity index is 741. The number of hydrogen-bond acceptors (Lipinski definition) is 6. The van der Waals surface area contributed by atoms with Crippen LogP contribution >= 0.6 is 11.8 Å². The Labute approximate surface area is 157 Å². The molecule has 2 aromatic rings. The van der Waals surface area contributed by atoms with Crippen molar-refractivity contribution in [2.75, 3.05) is 25.5 Å². The molecule has 8 heteroatoms. The molecule has 2 heterocycles. The first kappa shape index (κ1) is 18.7. The number of ether oxygens (including phenoxy) is 1. The van der Waals surface area contributed by atoms with Crippen LogP contribution in [0.2, 0.25) is 0 Å². The number of piperidine rings is 1. The SMILES string of the molecule is COc1ccc(SC(C)C(=O)Nc2nc(C3CCNCC3)nn2C)cc1. The first-order chi connectivity index (χ1) is 12.6. The van der Waals surface area contributed by atoms with Gasteiger partial charge >= 0.3 is 0 Å². The normalized spacial score (nSPS) is 16.3. The van der Waals surface area contributed by atoms with E-state index in [-0.39, 0.29) is 11.2 Å². The molecule has 1 unspecified atom stereocenters. The van der Waals surface area contributed by atoms with E-state index < -0.39 is 0 Å². The van der Waals surface area contributed by atoms with Crippen molar-refractivity contribution in [1.82, 2.24) is 20.1 Å². The zero-order valence-electron chi connectivity index (χ0n) is 15.4. The third-order valence-electron chi connectivity index (χ3n) is 4.46. The van der Waals surface area contributed by atoms with E-state index >= 15 is 0 Å². The van der Waals surface area contributed by atoms with Gasteiger partial charge in [-0.05, 0) is 57.1 Å². The average Bonchev–Trinajstić information content (AvgIpc) is 3.03. The Balaban J connectivity index is 1.60. The van der Waals surface area contributed by atoms with E-state index in [9.17, 15) is 4.79 Å². The van der Waals surface area contributed by atoms with Crippen LogP contribution in [0.1, 0.15) is 31.5 Å². The Morgan fingerprint density at radius 1 is 1.35 bits per heavy atom. The number of hydrogen-bond donors (Lipinski definition) is 2. The van der Waals surface area contributed by atoms with E-state index in [0.29, 0.717) is 11.9 Å².